The Labute approximate surface area is 233 Å². The van der Waals surface area contributed by atoms with Gasteiger partial charge in [-0.05, 0) is 96.8 Å². The van der Waals surface area contributed by atoms with E-state index in [4.69, 9.17) is 23.2 Å². The largest absolute Gasteiger partial charge is 0.388 e. The highest BCUT2D eigenvalue weighted by Gasteiger charge is 2.38. The van der Waals surface area contributed by atoms with E-state index >= 15 is 0 Å². The number of rotatable bonds is 8. The number of hydrogen-bond acceptors (Lipinski definition) is 4. The van der Waals surface area contributed by atoms with Crippen molar-refractivity contribution in [2.24, 2.45) is 11.8 Å². The van der Waals surface area contributed by atoms with E-state index in [2.05, 4.69) is 21.7 Å². The second kappa shape index (κ2) is 12.3. The molecule has 7 heteroatoms. The highest BCUT2D eigenvalue weighted by Crippen LogP contribution is 2.37. The number of piperidine rings is 1. The van der Waals surface area contributed by atoms with Gasteiger partial charge in [-0.25, -0.2) is 0 Å². The number of halogens is 2. The van der Waals surface area contributed by atoms with Gasteiger partial charge in [0.1, 0.15) is 0 Å². The summed E-state index contributed by atoms with van der Waals surface area (Å²) in [5.41, 5.74) is 2.87. The number of benzene rings is 2. The molecule has 0 saturated carbocycles. The van der Waals surface area contributed by atoms with Crippen LogP contribution in [0.4, 0.5) is 0 Å². The molecule has 3 unspecified atom stereocenters. The van der Waals surface area contributed by atoms with Crippen LogP contribution in [0.2, 0.25) is 10.0 Å². The van der Waals surface area contributed by atoms with Crippen molar-refractivity contribution in [1.29, 1.82) is 0 Å². The van der Waals surface area contributed by atoms with Crippen molar-refractivity contribution in [2.75, 3.05) is 32.7 Å². The number of carbonyl (C=O) groups excluding carboxylic acids is 1. The maximum Gasteiger partial charge on any atom is 0.255 e. The van der Waals surface area contributed by atoms with Crippen LogP contribution >= 0.6 is 34.5 Å². The Kier molecular flexibility index (Phi) is 8.89. The molecule has 3 heterocycles. The van der Waals surface area contributed by atoms with E-state index in [0.29, 0.717) is 39.9 Å². The molecule has 1 N–H and O–H groups in total. The van der Waals surface area contributed by atoms with Crippen molar-refractivity contribution >= 4 is 40.4 Å². The topological polar surface area (TPSA) is 43.8 Å². The zero-order valence-electron chi connectivity index (χ0n) is 20.9. The highest BCUT2D eigenvalue weighted by atomic mass is 35.5. The van der Waals surface area contributed by atoms with Crippen molar-refractivity contribution in [3.8, 4) is 0 Å². The van der Waals surface area contributed by atoms with Gasteiger partial charge in [-0.3, -0.25) is 4.79 Å². The lowest BCUT2D eigenvalue weighted by Crippen LogP contribution is -2.39. The fraction of sp³-hybridized carbons (Fsp3) is 0.433. The zero-order valence-corrected chi connectivity index (χ0v) is 23.3. The fourth-order valence-corrected chi connectivity index (χ4v) is 7.16. The lowest BCUT2D eigenvalue weighted by Gasteiger charge is -2.34. The highest BCUT2D eigenvalue weighted by molar-refractivity contribution is 7.08. The number of carbonyl (C=O) groups is 1. The average molecular weight is 558 g/mol. The second-order valence-electron chi connectivity index (χ2n) is 10.5. The third-order valence-corrected chi connectivity index (χ3v) is 9.34. The molecule has 0 spiro atoms. The maximum absolute atomic E-state index is 13.4. The van der Waals surface area contributed by atoms with E-state index < -0.39 is 0 Å². The third-order valence-electron chi connectivity index (χ3n) is 8.09. The van der Waals surface area contributed by atoms with E-state index in [0.717, 1.165) is 44.6 Å². The molecule has 2 aliphatic rings. The monoisotopic (exact) mass is 556 g/mol. The SMILES string of the molecule is O=C(c1ccc(Cl)cc1Cl)N1CC(CN2CCC(CCC(O)c3ccccc3)CC2)C(c2ccsc2)C1. The number of likely N-dealkylation sites (tertiary alicyclic amines) is 2. The number of aliphatic hydroxyl groups excluding tert-OH is 1. The molecule has 3 atom stereocenters. The molecule has 2 aliphatic heterocycles. The Balaban J connectivity index is 1.17. The van der Waals surface area contributed by atoms with Gasteiger partial charge < -0.3 is 14.9 Å². The van der Waals surface area contributed by atoms with Crippen LogP contribution in [-0.2, 0) is 0 Å². The molecule has 2 aromatic carbocycles. The third kappa shape index (κ3) is 6.58. The first-order valence-corrected chi connectivity index (χ1v) is 14.9. The summed E-state index contributed by atoms with van der Waals surface area (Å²) < 4.78 is 0. The van der Waals surface area contributed by atoms with Crippen LogP contribution in [0.3, 0.4) is 0 Å². The van der Waals surface area contributed by atoms with E-state index in [9.17, 15) is 9.90 Å². The molecule has 0 radical (unpaired) electrons. The summed E-state index contributed by atoms with van der Waals surface area (Å²) in [5.74, 6) is 1.37. The van der Waals surface area contributed by atoms with Crippen LogP contribution < -0.4 is 0 Å². The Morgan fingerprint density at radius 1 is 1.05 bits per heavy atom. The van der Waals surface area contributed by atoms with Crippen molar-refractivity contribution in [1.82, 2.24) is 9.80 Å². The minimum atomic E-state index is -0.373. The molecular formula is C30H34Cl2N2O2S. The minimum Gasteiger partial charge on any atom is -0.388 e. The maximum atomic E-state index is 13.4. The molecular weight excluding hydrogens is 523 g/mol. The molecule has 196 valence electrons. The Morgan fingerprint density at radius 2 is 1.84 bits per heavy atom. The molecule has 0 bridgehead atoms. The summed E-state index contributed by atoms with van der Waals surface area (Å²) in [6, 6.07) is 17.3. The first-order valence-electron chi connectivity index (χ1n) is 13.2. The summed E-state index contributed by atoms with van der Waals surface area (Å²) in [4.78, 5) is 17.9. The van der Waals surface area contributed by atoms with Gasteiger partial charge in [0.25, 0.3) is 5.91 Å². The van der Waals surface area contributed by atoms with E-state index in [1.165, 1.54) is 18.4 Å². The first kappa shape index (κ1) is 26.7. The Morgan fingerprint density at radius 3 is 2.54 bits per heavy atom. The standard InChI is InChI=1S/C30H34Cl2N2O2S/c31-25-7-8-26(28(32)16-25)30(36)34-18-24(27(19-34)23-12-15-37-20-23)17-33-13-10-21(11-14-33)6-9-29(35)22-4-2-1-3-5-22/h1-5,7-8,12,15-16,20-21,24,27,29,35H,6,9-11,13-14,17-19H2. The molecule has 2 saturated heterocycles. The van der Waals surface area contributed by atoms with Gasteiger partial charge >= 0.3 is 0 Å². The molecule has 5 rings (SSSR count). The predicted octanol–water partition coefficient (Wildman–Crippen LogP) is 7.14. The summed E-state index contributed by atoms with van der Waals surface area (Å²) in [6.07, 6.45) is 3.85. The van der Waals surface area contributed by atoms with Crippen LogP contribution in [-0.4, -0.2) is 53.5 Å². The molecule has 37 heavy (non-hydrogen) atoms. The Bertz CT molecular complexity index is 1170. The van der Waals surface area contributed by atoms with Crippen LogP contribution in [0.25, 0.3) is 0 Å². The molecule has 4 nitrogen and oxygen atoms in total. The van der Waals surface area contributed by atoms with Gasteiger partial charge in [-0.15, -0.1) is 0 Å². The predicted molar refractivity (Wildman–Crippen MR) is 153 cm³/mol. The van der Waals surface area contributed by atoms with Gasteiger partial charge in [-0.1, -0.05) is 53.5 Å². The second-order valence-corrected chi connectivity index (χ2v) is 12.1. The average Bonchev–Trinajstić information content (AvgIpc) is 3.59. The van der Waals surface area contributed by atoms with E-state index in [-0.39, 0.29) is 12.0 Å². The van der Waals surface area contributed by atoms with Gasteiger partial charge in [0.05, 0.1) is 16.7 Å². The van der Waals surface area contributed by atoms with Crippen LogP contribution in [0.5, 0.6) is 0 Å². The van der Waals surface area contributed by atoms with Crippen LogP contribution in [0, 0.1) is 11.8 Å². The summed E-state index contributed by atoms with van der Waals surface area (Å²) in [7, 11) is 0. The van der Waals surface area contributed by atoms with Crippen molar-refractivity contribution in [3.05, 3.63) is 92.1 Å². The van der Waals surface area contributed by atoms with Gasteiger partial charge in [0, 0.05) is 30.6 Å². The van der Waals surface area contributed by atoms with Crippen molar-refractivity contribution in [2.45, 2.75) is 37.7 Å². The molecule has 0 aliphatic carbocycles. The number of amides is 1. The molecule has 2 fully saturated rings. The van der Waals surface area contributed by atoms with Crippen molar-refractivity contribution < 1.29 is 9.90 Å². The summed E-state index contributed by atoms with van der Waals surface area (Å²) in [5, 5.41) is 15.8. The molecule has 3 aromatic rings. The van der Waals surface area contributed by atoms with Crippen LogP contribution in [0.15, 0.2) is 65.4 Å². The lowest BCUT2D eigenvalue weighted by atomic mass is 9.87. The van der Waals surface area contributed by atoms with E-state index in [1.807, 2.05) is 35.2 Å². The van der Waals surface area contributed by atoms with Gasteiger partial charge in [0.2, 0.25) is 0 Å². The van der Waals surface area contributed by atoms with Gasteiger partial charge in [-0.2, -0.15) is 11.3 Å². The Hall–Kier alpha value is -1.89. The first-order chi connectivity index (χ1) is 18.0. The fourth-order valence-electron chi connectivity index (χ4n) is 5.94. The quantitative estimate of drug-likeness (QED) is 0.320. The smallest absolute Gasteiger partial charge is 0.255 e. The van der Waals surface area contributed by atoms with Gasteiger partial charge in [0.15, 0.2) is 0 Å². The number of aliphatic hydroxyl groups is 1. The number of thiophene rings is 1. The zero-order chi connectivity index (χ0) is 25.8. The van der Waals surface area contributed by atoms with Crippen LogP contribution in [0.1, 0.15) is 59.2 Å². The summed E-state index contributed by atoms with van der Waals surface area (Å²) >= 11 is 14.1. The van der Waals surface area contributed by atoms with E-state index in [1.54, 1.807) is 29.5 Å². The summed E-state index contributed by atoms with van der Waals surface area (Å²) in [6.45, 7) is 4.61. The minimum absolute atomic E-state index is 0.0138. The lowest BCUT2D eigenvalue weighted by molar-refractivity contribution is 0.0779. The number of hydrogen-bond donors (Lipinski definition) is 1. The number of nitrogens with zero attached hydrogens (tertiary/aromatic N) is 2. The molecule has 1 amide bonds. The normalized spacial score (nSPS) is 21.9. The molecule has 1 aromatic heterocycles. The van der Waals surface area contributed by atoms with Crippen molar-refractivity contribution in [3.63, 3.8) is 0 Å².